The molecule has 0 saturated carbocycles. The van der Waals surface area contributed by atoms with Crippen molar-refractivity contribution in [2.24, 2.45) is 0 Å². The van der Waals surface area contributed by atoms with E-state index < -0.39 is 0 Å². The van der Waals surface area contributed by atoms with Crippen LogP contribution in [0.2, 0.25) is 0 Å². The van der Waals surface area contributed by atoms with Crippen LogP contribution in [0.1, 0.15) is 25.0 Å². The summed E-state index contributed by atoms with van der Waals surface area (Å²) < 4.78 is 19.0. The van der Waals surface area contributed by atoms with Gasteiger partial charge in [0.25, 0.3) is 0 Å². The first kappa shape index (κ1) is 12.7. The maximum atomic E-state index is 13.3. The molecule has 5 heteroatoms. The number of piperidine rings is 1. The third kappa shape index (κ3) is 2.37. The number of benzene rings is 1. The van der Waals surface area contributed by atoms with Gasteiger partial charge in [-0.05, 0) is 37.5 Å². The second-order valence-corrected chi connectivity index (χ2v) is 4.84. The van der Waals surface area contributed by atoms with Crippen LogP contribution in [-0.4, -0.2) is 18.1 Å². The van der Waals surface area contributed by atoms with E-state index in [0.717, 1.165) is 25.9 Å². The number of hydrogen-bond acceptors (Lipinski definition) is 4. The number of nitriles is 1. The van der Waals surface area contributed by atoms with E-state index in [1.54, 1.807) is 12.1 Å². The van der Waals surface area contributed by atoms with Gasteiger partial charge in [0.2, 0.25) is 17.5 Å². The smallest absolute Gasteiger partial charge is 0.235 e. The van der Waals surface area contributed by atoms with Crippen molar-refractivity contribution in [3.05, 3.63) is 35.8 Å². The quantitative estimate of drug-likeness (QED) is 0.840. The van der Waals surface area contributed by atoms with Crippen LogP contribution in [0, 0.1) is 17.1 Å². The van der Waals surface area contributed by atoms with E-state index in [-0.39, 0.29) is 11.5 Å². The number of aromatic nitrogens is 1. The van der Waals surface area contributed by atoms with Crippen LogP contribution in [0.15, 0.2) is 28.7 Å². The fourth-order valence-electron chi connectivity index (χ4n) is 2.44. The van der Waals surface area contributed by atoms with Gasteiger partial charge < -0.3 is 9.32 Å². The predicted octanol–water partition coefficient (Wildman–Crippen LogP) is 3.34. The summed E-state index contributed by atoms with van der Waals surface area (Å²) in [5.41, 5.74) is 0.816. The Kier molecular flexibility index (Phi) is 3.38. The van der Waals surface area contributed by atoms with Gasteiger partial charge in [-0.3, -0.25) is 0 Å². The molecule has 1 saturated heterocycles. The lowest BCUT2D eigenvalue weighted by atomic mass is 10.1. The van der Waals surface area contributed by atoms with Gasteiger partial charge in [0.1, 0.15) is 11.9 Å². The largest absolute Gasteiger partial charge is 0.419 e. The first-order valence-electron chi connectivity index (χ1n) is 6.70. The number of oxazole rings is 1. The van der Waals surface area contributed by atoms with E-state index in [2.05, 4.69) is 11.1 Å². The summed E-state index contributed by atoms with van der Waals surface area (Å²) in [7, 11) is 0. The van der Waals surface area contributed by atoms with Crippen LogP contribution < -0.4 is 4.90 Å². The van der Waals surface area contributed by atoms with Gasteiger partial charge in [0.05, 0.1) is 0 Å². The Labute approximate surface area is 116 Å². The van der Waals surface area contributed by atoms with Gasteiger partial charge in [-0.15, -0.1) is 0 Å². The van der Waals surface area contributed by atoms with Crippen molar-refractivity contribution in [2.75, 3.05) is 18.0 Å². The zero-order valence-corrected chi connectivity index (χ0v) is 11.0. The minimum Gasteiger partial charge on any atom is -0.419 e. The van der Waals surface area contributed by atoms with Crippen LogP contribution in [0.4, 0.5) is 10.3 Å². The molecule has 2 aromatic rings. The zero-order valence-electron chi connectivity index (χ0n) is 11.0. The Balaban J connectivity index is 1.98. The highest BCUT2D eigenvalue weighted by Gasteiger charge is 2.21. The number of rotatable bonds is 2. The fraction of sp³-hybridized carbons (Fsp3) is 0.333. The second-order valence-electron chi connectivity index (χ2n) is 4.84. The molecule has 0 radical (unpaired) electrons. The minimum absolute atomic E-state index is 0.270. The molecule has 102 valence electrons. The molecule has 0 amide bonds. The van der Waals surface area contributed by atoms with E-state index in [4.69, 9.17) is 4.42 Å². The molecule has 1 aliphatic rings. The third-order valence-electron chi connectivity index (χ3n) is 3.43. The first-order valence-corrected chi connectivity index (χ1v) is 6.70. The van der Waals surface area contributed by atoms with Crippen molar-refractivity contribution in [2.45, 2.75) is 19.3 Å². The molecule has 2 heterocycles. The van der Waals surface area contributed by atoms with Crippen LogP contribution in [0.25, 0.3) is 11.5 Å². The third-order valence-corrected chi connectivity index (χ3v) is 3.43. The Morgan fingerprint density at radius 3 is 2.75 bits per heavy atom. The average molecular weight is 271 g/mol. The van der Waals surface area contributed by atoms with E-state index in [1.165, 1.54) is 18.6 Å². The summed E-state index contributed by atoms with van der Waals surface area (Å²) >= 11 is 0. The lowest BCUT2D eigenvalue weighted by Gasteiger charge is -2.25. The highest BCUT2D eigenvalue weighted by Crippen LogP contribution is 2.30. The average Bonchev–Trinajstić information content (AvgIpc) is 2.92. The molecular weight excluding hydrogens is 257 g/mol. The second kappa shape index (κ2) is 5.33. The Bertz CT molecular complexity index is 653. The molecule has 3 rings (SSSR count). The zero-order chi connectivity index (χ0) is 13.9. The normalized spacial score (nSPS) is 15.1. The fourth-order valence-corrected chi connectivity index (χ4v) is 2.44. The van der Waals surface area contributed by atoms with Crippen LogP contribution in [-0.2, 0) is 0 Å². The topological polar surface area (TPSA) is 53.1 Å². The van der Waals surface area contributed by atoms with Gasteiger partial charge >= 0.3 is 0 Å². The van der Waals surface area contributed by atoms with E-state index >= 15 is 0 Å². The van der Waals surface area contributed by atoms with E-state index in [1.807, 2.05) is 4.90 Å². The van der Waals surface area contributed by atoms with Gasteiger partial charge in [-0.2, -0.15) is 10.2 Å². The molecule has 1 aromatic heterocycles. The summed E-state index contributed by atoms with van der Waals surface area (Å²) in [4.78, 5) is 6.22. The standard InChI is InChI=1S/C15H14FN3O/c16-12-6-4-5-11(9-12)14-18-13(10-17)15(20-14)19-7-2-1-3-8-19/h4-6,9H,1-3,7-8H2. The Morgan fingerprint density at radius 2 is 2.05 bits per heavy atom. The van der Waals surface area contributed by atoms with Gasteiger partial charge in [-0.25, -0.2) is 4.39 Å². The molecule has 20 heavy (non-hydrogen) atoms. The van der Waals surface area contributed by atoms with Crippen molar-refractivity contribution in [3.8, 4) is 17.5 Å². The van der Waals surface area contributed by atoms with Crippen LogP contribution in [0.3, 0.4) is 0 Å². The predicted molar refractivity (Wildman–Crippen MR) is 72.7 cm³/mol. The minimum atomic E-state index is -0.348. The van der Waals surface area contributed by atoms with Crippen molar-refractivity contribution in [1.29, 1.82) is 5.26 Å². The molecule has 1 aromatic carbocycles. The summed E-state index contributed by atoms with van der Waals surface area (Å²) in [6.07, 6.45) is 3.37. The molecular formula is C15H14FN3O. The molecule has 1 aliphatic heterocycles. The molecule has 0 unspecified atom stereocenters. The van der Waals surface area contributed by atoms with Gasteiger partial charge in [-0.1, -0.05) is 6.07 Å². The van der Waals surface area contributed by atoms with Crippen LogP contribution in [0.5, 0.6) is 0 Å². The molecule has 0 atom stereocenters. The van der Waals surface area contributed by atoms with Gasteiger partial charge in [0, 0.05) is 18.7 Å². The van der Waals surface area contributed by atoms with Crippen molar-refractivity contribution < 1.29 is 8.81 Å². The van der Waals surface area contributed by atoms with E-state index in [0.29, 0.717) is 17.3 Å². The summed E-state index contributed by atoms with van der Waals surface area (Å²) in [5, 5.41) is 9.19. The molecule has 1 fully saturated rings. The molecule has 0 N–H and O–H groups in total. The molecule has 0 aliphatic carbocycles. The maximum absolute atomic E-state index is 13.3. The first-order chi connectivity index (χ1) is 9.78. The van der Waals surface area contributed by atoms with Crippen molar-refractivity contribution in [3.63, 3.8) is 0 Å². The Hall–Kier alpha value is -2.35. The number of anilines is 1. The SMILES string of the molecule is N#Cc1nc(-c2cccc(F)c2)oc1N1CCCCC1. The summed E-state index contributed by atoms with van der Waals surface area (Å²) in [5.74, 6) is 0.451. The monoisotopic (exact) mass is 271 g/mol. The van der Waals surface area contributed by atoms with Crippen LogP contribution >= 0.6 is 0 Å². The molecule has 4 nitrogen and oxygen atoms in total. The summed E-state index contributed by atoms with van der Waals surface area (Å²) in [6.45, 7) is 1.74. The van der Waals surface area contributed by atoms with E-state index in [9.17, 15) is 9.65 Å². The van der Waals surface area contributed by atoms with Crippen molar-refractivity contribution in [1.82, 2.24) is 4.98 Å². The lowest BCUT2D eigenvalue weighted by molar-refractivity contribution is 0.504. The van der Waals surface area contributed by atoms with Gasteiger partial charge in [0.15, 0.2) is 0 Å². The number of halogens is 1. The van der Waals surface area contributed by atoms with Crippen molar-refractivity contribution >= 4 is 5.88 Å². The molecule has 0 bridgehead atoms. The maximum Gasteiger partial charge on any atom is 0.235 e. The highest BCUT2D eigenvalue weighted by atomic mass is 19.1. The summed E-state index contributed by atoms with van der Waals surface area (Å²) in [6, 6.07) is 8.09. The molecule has 0 spiro atoms. The lowest BCUT2D eigenvalue weighted by Crippen LogP contribution is -2.29. The Morgan fingerprint density at radius 1 is 1.25 bits per heavy atom. The number of hydrogen-bond donors (Lipinski definition) is 0. The highest BCUT2D eigenvalue weighted by molar-refractivity contribution is 5.59. The number of nitrogens with zero attached hydrogens (tertiary/aromatic N) is 3.